The van der Waals surface area contributed by atoms with Gasteiger partial charge in [-0.15, -0.1) is 11.6 Å². The Kier molecular flexibility index (Phi) is 4.58. The largest absolute Gasteiger partial charge is 0.207 e. The van der Waals surface area contributed by atoms with Crippen LogP contribution < -0.4 is 0 Å². The highest BCUT2D eigenvalue weighted by Crippen LogP contribution is 2.29. The molecule has 0 aromatic heterocycles. The van der Waals surface area contributed by atoms with Crippen LogP contribution in [0.25, 0.3) is 0 Å². The van der Waals surface area contributed by atoms with Crippen LogP contribution >= 0.6 is 27.5 Å². The molecule has 2 rings (SSSR count). The second kappa shape index (κ2) is 6.02. The van der Waals surface area contributed by atoms with Crippen molar-refractivity contribution in [2.24, 2.45) is 0 Å². The monoisotopic (exact) mass is 344 g/mol. The molecule has 0 saturated carbocycles. The van der Waals surface area contributed by atoms with Gasteiger partial charge in [-0.1, -0.05) is 28.1 Å². The van der Waals surface area contributed by atoms with Crippen LogP contribution in [0.1, 0.15) is 22.1 Å². The lowest BCUT2D eigenvalue weighted by Crippen LogP contribution is -2.01. The molecule has 1 atom stereocenters. The average Bonchev–Trinajstić information content (AvgIpc) is 2.36. The molecule has 0 aliphatic heterocycles. The number of aryl methyl sites for hydroxylation is 1. The first kappa shape index (κ1) is 14.5. The maximum Gasteiger partial charge on any atom is 0.130 e. The van der Waals surface area contributed by atoms with Gasteiger partial charge in [-0.2, -0.15) is 0 Å². The summed E-state index contributed by atoms with van der Waals surface area (Å²) in [5, 5.41) is -0.513. The molecule has 2 aromatic rings. The number of alkyl halides is 1. The molecule has 0 aliphatic carbocycles. The Morgan fingerprint density at radius 1 is 1.11 bits per heavy atom. The Labute approximate surface area is 124 Å². The number of benzene rings is 2. The predicted octanol–water partition coefficient (Wildman–Crippen LogP) is 5.56. The fourth-order valence-electron chi connectivity index (χ4n) is 1.86. The normalized spacial score (nSPS) is 12.5. The van der Waals surface area contributed by atoms with Crippen molar-refractivity contribution in [3.8, 4) is 0 Å². The van der Waals surface area contributed by atoms with E-state index in [0.29, 0.717) is 17.5 Å². The van der Waals surface area contributed by atoms with Gasteiger partial charge in [0, 0.05) is 16.1 Å². The van der Waals surface area contributed by atoms with Crippen LogP contribution in [0.3, 0.4) is 0 Å². The number of hydrogen-bond acceptors (Lipinski definition) is 0. The molecule has 0 saturated heterocycles. The Morgan fingerprint density at radius 2 is 1.74 bits per heavy atom. The molecule has 0 fully saturated rings. The molecule has 4 heteroatoms. The minimum Gasteiger partial charge on any atom is -0.207 e. The van der Waals surface area contributed by atoms with Crippen molar-refractivity contribution in [3.05, 3.63) is 69.2 Å². The van der Waals surface area contributed by atoms with Crippen molar-refractivity contribution in [1.29, 1.82) is 0 Å². The van der Waals surface area contributed by atoms with Gasteiger partial charge in [-0.05, 0) is 42.7 Å². The summed E-state index contributed by atoms with van der Waals surface area (Å²) >= 11 is 9.59. The summed E-state index contributed by atoms with van der Waals surface area (Å²) in [7, 11) is 0. The van der Waals surface area contributed by atoms with Crippen molar-refractivity contribution in [1.82, 2.24) is 0 Å². The van der Waals surface area contributed by atoms with Crippen LogP contribution in [-0.4, -0.2) is 0 Å². The fraction of sp³-hybridized carbons (Fsp3) is 0.200. The van der Waals surface area contributed by atoms with Gasteiger partial charge in [-0.3, -0.25) is 0 Å². The number of hydrogen-bond donors (Lipinski definition) is 0. The molecule has 0 N–H and O–H groups in total. The summed E-state index contributed by atoms with van der Waals surface area (Å²) in [4.78, 5) is 0. The zero-order valence-electron chi connectivity index (χ0n) is 10.3. The van der Waals surface area contributed by atoms with E-state index >= 15 is 0 Å². The van der Waals surface area contributed by atoms with Crippen LogP contribution in [0.15, 0.2) is 40.9 Å². The molecule has 0 radical (unpaired) electrons. The zero-order valence-corrected chi connectivity index (χ0v) is 12.6. The molecule has 100 valence electrons. The lowest BCUT2D eigenvalue weighted by atomic mass is 10.0. The Balaban J connectivity index is 2.22. The molecule has 0 nitrogen and oxygen atoms in total. The van der Waals surface area contributed by atoms with Crippen LogP contribution in [-0.2, 0) is 6.42 Å². The average molecular weight is 346 g/mol. The first-order valence-electron chi connectivity index (χ1n) is 5.81. The lowest BCUT2D eigenvalue weighted by molar-refractivity contribution is 0.564. The van der Waals surface area contributed by atoms with Crippen molar-refractivity contribution >= 4 is 27.5 Å². The van der Waals surface area contributed by atoms with E-state index in [0.717, 1.165) is 16.1 Å². The second-order valence-electron chi connectivity index (χ2n) is 4.42. The SMILES string of the molecule is Cc1cc(C(Cl)Cc2ccc(Br)cc2)c(F)cc1F. The Morgan fingerprint density at radius 3 is 2.37 bits per heavy atom. The summed E-state index contributed by atoms with van der Waals surface area (Å²) in [6, 6.07) is 10.0. The molecule has 0 spiro atoms. The van der Waals surface area contributed by atoms with E-state index < -0.39 is 17.0 Å². The minimum atomic E-state index is -0.597. The Bertz CT molecular complexity index is 581. The van der Waals surface area contributed by atoms with Gasteiger partial charge in [0.15, 0.2) is 0 Å². The van der Waals surface area contributed by atoms with Crippen LogP contribution in [0, 0.1) is 18.6 Å². The van der Waals surface area contributed by atoms with Crippen molar-refractivity contribution in [2.45, 2.75) is 18.7 Å². The van der Waals surface area contributed by atoms with Crippen LogP contribution in [0.5, 0.6) is 0 Å². The van der Waals surface area contributed by atoms with Gasteiger partial charge in [0.2, 0.25) is 0 Å². The van der Waals surface area contributed by atoms with Gasteiger partial charge in [0.1, 0.15) is 11.6 Å². The standard InChI is InChI=1S/C15H12BrClF2/c1-9-6-12(15(19)8-14(9)18)13(17)7-10-2-4-11(16)5-3-10/h2-6,8,13H,7H2,1H3. The third kappa shape index (κ3) is 3.54. The highest BCUT2D eigenvalue weighted by atomic mass is 79.9. The zero-order chi connectivity index (χ0) is 14.0. The van der Waals surface area contributed by atoms with Crippen molar-refractivity contribution in [3.63, 3.8) is 0 Å². The smallest absolute Gasteiger partial charge is 0.130 e. The molecular weight excluding hydrogens is 334 g/mol. The molecular formula is C15H12BrClF2. The topological polar surface area (TPSA) is 0 Å². The Hall–Kier alpha value is -0.930. The van der Waals surface area contributed by atoms with E-state index in [1.165, 1.54) is 6.07 Å². The third-order valence-corrected chi connectivity index (χ3v) is 3.86. The highest BCUT2D eigenvalue weighted by Gasteiger charge is 2.16. The first-order chi connectivity index (χ1) is 8.97. The van der Waals surface area contributed by atoms with Gasteiger partial charge >= 0.3 is 0 Å². The maximum absolute atomic E-state index is 13.7. The summed E-state index contributed by atoms with van der Waals surface area (Å²) in [6.45, 7) is 1.60. The van der Waals surface area contributed by atoms with Gasteiger partial charge in [0.25, 0.3) is 0 Å². The molecule has 2 aromatic carbocycles. The van der Waals surface area contributed by atoms with Gasteiger partial charge < -0.3 is 0 Å². The molecule has 19 heavy (non-hydrogen) atoms. The second-order valence-corrected chi connectivity index (χ2v) is 5.86. The van der Waals surface area contributed by atoms with E-state index in [9.17, 15) is 8.78 Å². The quantitative estimate of drug-likeness (QED) is 0.639. The predicted molar refractivity (Wildman–Crippen MR) is 77.5 cm³/mol. The molecule has 0 amide bonds. The van der Waals surface area contributed by atoms with Crippen molar-refractivity contribution in [2.75, 3.05) is 0 Å². The van der Waals surface area contributed by atoms with Gasteiger partial charge in [0.05, 0.1) is 5.38 Å². The van der Waals surface area contributed by atoms with Crippen molar-refractivity contribution < 1.29 is 8.78 Å². The minimum absolute atomic E-state index is 0.337. The summed E-state index contributed by atoms with van der Waals surface area (Å²) in [5.41, 5.74) is 1.74. The molecule has 0 bridgehead atoms. The van der Waals surface area contributed by atoms with E-state index in [-0.39, 0.29) is 0 Å². The fourth-order valence-corrected chi connectivity index (χ4v) is 2.47. The summed E-state index contributed by atoms with van der Waals surface area (Å²) in [6.07, 6.45) is 0.497. The molecule has 1 unspecified atom stereocenters. The summed E-state index contributed by atoms with van der Waals surface area (Å²) < 4.78 is 27.9. The molecule has 0 aliphatic rings. The van der Waals surface area contributed by atoms with E-state index in [4.69, 9.17) is 11.6 Å². The first-order valence-corrected chi connectivity index (χ1v) is 7.04. The summed E-state index contributed by atoms with van der Waals surface area (Å²) in [5.74, 6) is -1.14. The van der Waals surface area contributed by atoms with E-state index in [2.05, 4.69) is 15.9 Å². The highest BCUT2D eigenvalue weighted by molar-refractivity contribution is 9.10. The van der Waals surface area contributed by atoms with E-state index in [1.54, 1.807) is 6.92 Å². The molecule has 0 heterocycles. The third-order valence-electron chi connectivity index (χ3n) is 2.94. The maximum atomic E-state index is 13.7. The van der Waals surface area contributed by atoms with Crippen LogP contribution in [0.2, 0.25) is 0 Å². The van der Waals surface area contributed by atoms with Gasteiger partial charge in [-0.25, -0.2) is 8.78 Å². The lowest BCUT2D eigenvalue weighted by Gasteiger charge is -2.12. The van der Waals surface area contributed by atoms with E-state index in [1.807, 2.05) is 24.3 Å². The number of halogens is 4. The number of rotatable bonds is 3. The van der Waals surface area contributed by atoms with Crippen LogP contribution in [0.4, 0.5) is 8.78 Å².